The summed E-state index contributed by atoms with van der Waals surface area (Å²) in [4.78, 5) is 16.5. The highest BCUT2D eigenvalue weighted by atomic mass is 19.4. The summed E-state index contributed by atoms with van der Waals surface area (Å²) in [6, 6.07) is 4.13. The highest BCUT2D eigenvalue weighted by Crippen LogP contribution is 2.30. The third kappa shape index (κ3) is 4.53. The van der Waals surface area contributed by atoms with E-state index in [2.05, 4.69) is 25.6 Å². The van der Waals surface area contributed by atoms with E-state index in [9.17, 15) is 18.0 Å². The number of amides is 1. The second-order valence-corrected chi connectivity index (χ2v) is 6.44. The lowest BCUT2D eigenvalue weighted by atomic mass is 10.1. The smallest absolute Gasteiger partial charge is 0.352 e. The summed E-state index contributed by atoms with van der Waals surface area (Å²) in [5.41, 5.74) is -0.130. The molecule has 0 aliphatic carbocycles. The Bertz CT molecular complexity index is 950. The molecule has 3 aromatic heterocycles. The number of pyridine rings is 1. The highest BCUT2D eigenvalue weighted by molar-refractivity contribution is 5.94. The van der Waals surface area contributed by atoms with Crippen LogP contribution in [-0.4, -0.2) is 42.0 Å². The van der Waals surface area contributed by atoms with Crippen LogP contribution in [0.25, 0.3) is 5.82 Å². The van der Waals surface area contributed by atoms with Gasteiger partial charge in [0.15, 0.2) is 0 Å². The second-order valence-electron chi connectivity index (χ2n) is 6.44. The largest absolute Gasteiger partial charge is 0.433 e. The second kappa shape index (κ2) is 7.79. The van der Waals surface area contributed by atoms with Crippen LogP contribution in [0.1, 0.15) is 28.7 Å². The van der Waals surface area contributed by atoms with Gasteiger partial charge >= 0.3 is 6.18 Å². The quantitative estimate of drug-likeness (QED) is 0.694. The Morgan fingerprint density at radius 3 is 2.64 bits per heavy atom. The van der Waals surface area contributed by atoms with Crippen LogP contribution in [0.3, 0.4) is 0 Å². The van der Waals surface area contributed by atoms with Crippen LogP contribution in [0, 0.1) is 12.8 Å². The SMILES string of the molecule is Cc1cc(C(F)(F)F)n(C[C@H](C)CNC(=O)c2ccnc(-n3cnnc3)c2)n1. The average Bonchev–Trinajstić information content (AvgIpc) is 3.29. The van der Waals surface area contributed by atoms with Gasteiger partial charge in [0.1, 0.15) is 24.2 Å². The van der Waals surface area contributed by atoms with E-state index >= 15 is 0 Å². The van der Waals surface area contributed by atoms with E-state index in [1.165, 1.54) is 25.8 Å². The first-order valence-electron chi connectivity index (χ1n) is 8.45. The number of nitrogens with zero attached hydrogens (tertiary/aromatic N) is 6. The fraction of sp³-hybridized carbons (Fsp3) is 0.353. The number of nitrogens with one attached hydrogen (secondary N) is 1. The number of aromatic nitrogens is 6. The van der Waals surface area contributed by atoms with Gasteiger partial charge in [-0.1, -0.05) is 6.92 Å². The fourth-order valence-electron chi connectivity index (χ4n) is 2.66. The maximum absolute atomic E-state index is 13.1. The molecule has 0 unspecified atom stereocenters. The van der Waals surface area contributed by atoms with Gasteiger partial charge in [0.25, 0.3) is 5.91 Å². The number of alkyl halides is 3. The van der Waals surface area contributed by atoms with Crippen molar-refractivity contribution in [1.29, 1.82) is 0 Å². The molecule has 28 heavy (non-hydrogen) atoms. The Labute approximate surface area is 158 Å². The molecule has 1 amide bonds. The van der Waals surface area contributed by atoms with Gasteiger partial charge < -0.3 is 5.32 Å². The molecular weight excluding hydrogens is 375 g/mol. The third-order valence-corrected chi connectivity index (χ3v) is 3.98. The van der Waals surface area contributed by atoms with E-state index in [1.807, 2.05) is 0 Å². The summed E-state index contributed by atoms with van der Waals surface area (Å²) in [6.45, 7) is 3.48. The Kier molecular flexibility index (Phi) is 5.43. The number of rotatable bonds is 6. The zero-order valence-corrected chi connectivity index (χ0v) is 15.2. The van der Waals surface area contributed by atoms with Gasteiger partial charge in [0.2, 0.25) is 0 Å². The average molecular weight is 393 g/mol. The monoisotopic (exact) mass is 393 g/mol. The molecule has 0 radical (unpaired) electrons. The molecule has 11 heteroatoms. The van der Waals surface area contributed by atoms with Crippen molar-refractivity contribution in [2.75, 3.05) is 6.54 Å². The summed E-state index contributed by atoms with van der Waals surface area (Å²) in [6.07, 6.45) is -0.0809. The van der Waals surface area contributed by atoms with Crippen molar-refractivity contribution in [2.24, 2.45) is 5.92 Å². The molecule has 148 valence electrons. The highest BCUT2D eigenvalue weighted by Gasteiger charge is 2.35. The van der Waals surface area contributed by atoms with E-state index < -0.39 is 11.9 Å². The van der Waals surface area contributed by atoms with Crippen molar-refractivity contribution in [3.8, 4) is 5.82 Å². The third-order valence-electron chi connectivity index (χ3n) is 3.98. The minimum atomic E-state index is -4.47. The van der Waals surface area contributed by atoms with Gasteiger partial charge in [-0.25, -0.2) is 4.98 Å². The minimum absolute atomic E-state index is 0.0330. The van der Waals surface area contributed by atoms with Gasteiger partial charge in [-0.05, 0) is 31.0 Å². The zero-order valence-electron chi connectivity index (χ0n) is 15.2. The molecule has 0 aromatic carbocycles. The molecule has 3 heterocycles. The van der Waals surface area contributed by atoms with Gasteiger partial charge in [-0.3, -0.25) is 14.0 Å². The van der Waals surface area contributed by atoms with Crippen molar-refractivity contribution in [1.82, 2.24) is 34.8 Å². The normalized spacial score (nSPS) is 12.8. The van der Waals surface area contributed by atoms with Crippen molar-refractivity contribution < 1.29 is 18.0 Å². The molecular formula is C17H18F3N7O. The number of aryl methyl sites for hydroxylation is 1. The van der Waals surface area contributed by atoms with Crippen LogP contribution in [0.5, 0.6) is 0 Å². The Morgan fingerprint density at radius 1 is 1.25 bits per heavy atom. The fourth-order valence-corrected chi connectivity index (χ4v) is 2.66. The first-order valence-corrected chi connectivity index (χ1v) is 8.45. The predicted octanol–water partition coefficient (Wildman–Crippen LogP) is 2.25. The van der Waals surface area contributed by atoms with Crippen LogP contribution in [0.15, 0.2) is 37.1 Å². The van der Waals surface area contributed by atoms with Gasteiger partial charge in [-0.15, -0.1) is 10.2 Å². The zero-order chi connectivity index (χ0) is 20.3. The van der Waals surface area contributed by atoms with Crippen molar-refractivity contribution >= 4 is 5.91 Å². The molecule has 1 atom stereocenters. The van der Waals surface area contributed by atoms with E-state index in [-0.39, 0.29) is 24.9 Å². The Hall–Kier alpha value is -3.24. The molecule has 0 aliphatic heterocycles. The molecule has 0 fully saturated rings. The first-order chi connectivity index (χ1) is 13.2. The molecule has 8 nitrogen and oxygen atoms in total. The lowest BCUT2D eigenvalue weighted by Crippen LogP contribution is -2.31. The number of carbonyl (C=O) groups is 1. The molecule has 3 aromatic rings. The number of hydrogen-bond acceptors (Lipinski definition) is 5. The van der Waals surface area contributed by atoms with E-state index in [0.717, 1.165) is 10.7 Å². The van der Waals surface area contributed by atoms with E-state index in [0.29, 0.717) is 17.1 Å². The van der Waals surface area contributed by atoms with Crippen molar-refractivity contribution in [3.05, 3.63) is 54.0 Å². The van der Waals surface area contributed by atoms with Crippen LogP contribution < -0.4 is 5.32 Å². The summed E-state index contributed by atoms with van der Waals surface area (Å²) < 4.78 is 41.7. The van der Waals surface area contributed by atoms with Crippen LogP contribution in [-0.2, 0) is 12.7 Å². The van der Waals surface area contributed by atoms with E-state index in [4.69, 9.17) is 0 Å². The number of halogens is 3. The Balaban J connectivity index is 1.62. The summed E-state index contributed by atoms with van der Waals surface area (Å²) in [7, 11) is 0. The minimum Gasteiger partial charge on any atom is -0.352 e. The van der Waals surface area contributed by atoms with Gasteiger partial charge in [0, 0.05) is 24.8 Å². The van der Waals surface area contributed by atoms with Gasteiger partial charge in [0.05, 0.1) is 5.69 Å². The molecule has 1 N–H and O–H groups in total. The lowest BCUT2D eigenvalue weighted by Gasteiger charge is -2.16. The molecule has 3 rings (SSSR count). The number of hydrogen-bond donors (Lipinski definition) is 1. The van der Waals surface area contributed by atoms with Gasteiger partial charge in [-0.2, -0.15) is 18.3 Å². The number of carbonyl (C=O) groups excluding carboxylic acids is 1. The first kappa shape index (κ1) is 19.5. The van der Waals surface area contributed by atoms with E-state index in [1.54, 1.807) is 23.6 Å². The van der Waals surface area contributed by atoms with Crippen molar-refractivity contribution in [2.45, 2.75) is 26.6 Å². The summed E-state index contributed by atoms with van der Waals surface area (Å²) in [5, 5.41) is 14.0. The van der Waals surface area contributed by atoms with Crippen LogP contribution >= 0.6 is 0 Å². The standard InChI is InChI=1S/C17H18F3N7O/c1-11(8-27-14(17(18,19)20)5-12(2)25-27)7-22-16(28)13-3-4-21-15(6-13)26-9-23-24-10-26/h3-6,9-11H,7-8H2,1-2H3,(H,22,28)/t11-/m1/s1. The summed E-state index contributed by atoms with van der Waals surface area (Å²) in [5.74, 6) is -0.132. The van der Waals surface area contributed by atoms with Crippen LogP contribution in [0.2, 0.25) is 0 Å². The van der Waals surface area contributed by atoms with Crippen LogP contribution in [0.4, 0.5) is 13.2 Å². The topological polar surface area (TPSA) is 90.5 Å². The van der Waals surface area contributed by atoms with Crippen molar-refractivity contribution in [3.63, 3.8) is 0 Å². The molecule has 0 saturated carbocycles. The maximum atomic E-state index is 13.1. The summed E-state index contributed by atoms with van der Waals surface area (Å²) >= 11 is 0. The lowest BCUT2D eigenvalue weighted by molar-refractivity contribution is -0.144. The molecule has 0 saturated heterocycles. The molecule has 0 spiro atoms. The molecule has 0 bridgehead atoms. The maximum Gasteiger partial charge on any atom is 0.433 e. The Morgan fingerprint density at radius 2 is 1.96 bits per heavy atom. The molecule has 0 aliphatic rings. The predicted molar refractivity (Wildman–Crippen MR) is 92.6 cm³/mol.